The molecule has 0 atom stereocenters. The van der Waals surface area contributed by atoms with E-state index >= 15 is 0 Å². The van der Waals surface area contributed by atoms with Crippen LogP contribution in [0.5, 0.6) is 0 Å². The molecule has 0 spiro atoms. The Hall–Kier alpha value is -6.36. The molecule has 0 N–H and O–H groups in total. The first-order valence-corrected chi connectivity index (χ1v) is 17.7. The third-order valence-electron chi connectivity index (χ3n) is 9.18. The molecule has 238 valence electrons. The molecule has 9 rings (SSSR count). The van der Waals surface area contributed by atoms with Crippen LogP contribution in [0.1, 0.15) is 0 Å². The third-order valence-corrected chi connectivity index (χ3v) is 10.3. The molecule has 9 aromatic rings. The summed E-state index contributed by atoms with van der Waals surface area (Å²) in [7, 11) is 0. The molecule has 2 aromatic heterocycles. The first-order chi connectivity index (χ1) is 24.8. The maximum Gasteiger partial charge on any atom is 0.110 e. The van der Waals surface area contributed by atoms with Gasteiger partial charge in [-0.1, -0.05) is 127 Å². The molecule has 0 amide bonds. The first-order valence-electron chi connectivity index (χ1n) is 16.9. The molecule has 0 aliphatic heterocycles. The molecule has 0 aliphatic carbocycles. The number of fused-ring (bicyclic) bond motifs is 3. The molecule has 0 radical (unpaired) electrons. The minimum absolute atomic E-state index is 1.11. The highest BCUT2D eigenvalue weighted by Gasteiger charge is 2.25. The maximum atomic E-state index is 2.40. The summed E-state index contributed by atoms with van der Waals surface area (Å²) in [6.07, 6.45) is 0. The largest absolute Gasteiger partial charge is 0.309 e. The van der Waals surface area contributed by atoms with Crippen molar-refractivity contribution in [2.75, 3.05) is 9.80 Å². The van der Waals surface area contributed by atoms with Crippen molar-refractivity contribution in [1.29, 1.82) is 0 Å². The van der Waals surface area contributed by atoms with Crippen LogP contribution in [0.3, 0.4) is 0 Å². The van der Waals surface area contributed by atoms with Gasteiger partial charge in [0.25, 0.3) is 0 Å². The number of para-hydroxylation sites is 6. The van der Waals surface area contributed by atoms with Crippen LogP contribution in [0, 0.1) is 0 Å². The van der Waals surface area contributed by atoms with E-state index < -0.39 is 0 Å². The highest BCUT2D eigenvalue weighted by molar-refractivity contribution is 7.21. The number of aromatic nitrogens is 1. The van der Waals surface area contributed by atoms with E-state index in [1.165, 1.54) is 32.9 Å². The van der Waals surface area contributed by atoms with Crippen LogP contribution in [-0.2, 0) is 0 Å². The monoisotopic (exact) mass is 659 g/mol. The van der Waals surface area contributed by atoms with E-state index in [4.69, 9.17) is 0 Å². The number of anilines is 6. The zero-order chi connectivity index (χ0) is 33.3. The molecule has 0 saturated heterocycles. The second-order valence-electron chi connectivity index (χ2n) is 12.2. The number of thiophene rings is 1. The highest BCUT2D eigenvalue weighted by Crippen LogP contribution is 2.52. The minimum atomic E-state index is 1.11. The van der Waals surface area contributed by atoms with Crippen LogP contribution < -0.4 is 9.80 Å². The number of rotatable bonds is 8. The number of benzene rings is 7. The smallest absolute Gasteiger partial charge is 0.110 e. The second-order valence-corrected chi connectivity index (χ2v) is 13.2. The van der Waals surface area contributed by atoms with Gasteiger partial charge in [0.1, 0.15) is 10.0 Å². The molecular weight excluding hydrogens is 627 g/mol. The van der Waals surface area contributed by atoms with Crippen molar-refractivity contribution in [1.82, 2.24) is 4.57 Å². The summed E-state index contributed by atoms with van der Waals surface area (Å²) in [6, 6.07) is 71.4. The van der Waals surface area contributed by atoms with Gasteiger partial charge in [0.15, 0.2) is 0 Å². The molecular formula is C46H33N3S. The van der Waals surface area contributed by atoms with Gasteiger partial charge in [-0.05, 0) is 90.5 Å². The fourth-order valence-electron chi connectivity index (χ4n) is 6.94. The summed E-state index contributed by atoms with van der Waals surface area (Å²) < 4.78 is 2.38. The van der Waals surface area contributed by atoms with Gasteiger partial charge in [0, 0.05) is 44.8 Å². The lowest BCUT2D eigenvalue weighted by molar-refractivity contribution is 1.18. The van der Waals surface area contributed by atoms with Crippen molar-refractivity contribution >= 4 is 65.9 Å². The van der Waals surface area contributed by atoms with Crippen LogP contribution in [0.15, 0.2) is 200 Å². The van der Waals surface area contributed by atoms with Gasteiger partial charge in [-0.25, -0.2) is 0 Å². The standard InChI is InChI=1S/C46H33N3S/c1-6-18-35(19-7-1)47(36-20-8-2-9-21-36)45-33-41(46(50-45)48(37-22-10-3-11-23-37)38-24-12-4-13-25-38)34-30-31-44-42(32-34)40-28-16-17-29-43(40)49(44)39-26-14-5-15-27-39/h1-33H. The minimum Gasteiger partial charge on any atom is -0.309 e. The number of hydrogen-bond donors (Lipinski definition) is 0. The Bertz CT molecular complexity index is 2450. The van der Waals surface area contributed by atoms with Gasteiger partial charge >= 0.3 is 0 Å². The second kappa shape index (κ2) is 12.9. The molecule has 3 nitrogen and oxygen atoms in total. The Morgan fingerprint density at radius 3 is 1.40 bits per heavy atom. The molecule has 0 bridgehead atoms. The molecule has 0 unspecified atom stereocenters. The fraction of sp³-hybridized carbons (Fsp3) is 0. The van der Waals surface area contributed by atoms with E-state index in [0.29, 0.717) is 0 Å². The third kappa shape index (κ3) is 5.33. The molecule has 2 heterocycles. The molecule has 0 fully saturated rings. The van der Waals surface area contributed by atoms with Crippen molar-refractivity contribution < 1.29 is 0 Å². The van der Waals surface area contributed by atoms with Crippen LogP contribution in [0.2, 0.25) is 0 Å². The first kappa shape index (κ1) is 29.8. The van der Waals surface area contributed by atoms with E-state index in [0.717, 1.165) is 38.4 Å². The fourth-order valence-corrected chi connectivity index (χ4v) is 8.21. The summed E-state index contributed by atoms with van der Waals surface area (Å²) in [6.45, 7) is 0. The number of nitrogens with zero attached hydrogens (tertiary/aromatic N) is 3. The van der Waals surface area contributed by atoms with Gasteiger partial charge in [-0.2, -0.15) is 0 Å². The van der Waals surface area contributed by atoms with E-state index in [2.05, 4.69) is 215 Å². The molecule has 50 heavy (non-hydrogen) atoms. The van der Waals surface area contributed by atoms with E-state index in [-0.39, 0.29) is 0 Å². The highest BCUT2D eigenvalue weighted by atomic mass is 32.1. The molecule has 0 saturated carbocycles. The van der Waals surface area contributed by atoms with Crippen LogP contribution in [-0.4, -0.2) is 4.57 Å². The van der Waals surface area contributed by atoms with E-state index in [1.807, 2.05) is 11.3 Å². The molecule has 0 aliphatic rings. The normalized spacial score (nSPS) is 11.2. The van der Waals surface area contributed by atoms with E-state index in [1.54, 1.807) is 0 Å². The van der Waals surface area contributed by atoms with Gasteiger partial charge in [0.05, 0.1) is 11.0 Å². The SMILES string of the molecule is c1ccc(N(c2ccccc2)c2cc(-c3ccc4c(c3)c3ccccc3n4-c3ccccc3)c(N(c3ccccc3)c3ccccc3)s2)cc1. The quantitative estimate of drug-likeness (QED) is 0.161. The topological polar surface area (TPSA) is 11.4 Å². The zero-order valence-electron chi connectivity index (χ0n) is 27.3. The van der Waals surface area contributed by atoms with Crippen molar-refractivity contribution in [2.45, 2.75) is 0 Å². The van der Waals surface area contributed by atoms with Crippen LogP contribution in [0.4, 0.5) is 32.8 Å². The van der Waals surface area contributed by atoms with E-state index in [9.17, 15) is 0 Å². The Morgan fingerprint density at radius 1 is 0.380 bits per heavy atom. The Balaban J connectivity index is 1.32. The summed E-state index contributed by atoms with van der Waals surface area (Å²) in [5, 5.41) is 4.76. The van der Waals surface area contributed by atoms with Crippen molar-refractivity contribution in [3.05, 3.63) is 200 Å². The van der Waals surface area contributed by atoms with Gasteiger partial charge in [0.2, 0.25) is 0 Å². The lowest BCUT2D eigenvalue weighted by Crippen LogP contribution is -2.09. The van der Waals surface area contributed by atoms with Crippen LogP contribution >= 0.6 is 11.3 Å². The van der Waals surface area contributed by atoms with Crippen LogP contribution in [0.25, 0.3) is 38.6 Å². The predicted octanol–water partition coefficient (Wildman–Crippen LogP) is 13.5. The summed E-state index contributed by atoms with van der Waals surface area (Å²) in [5.74, 6) is 0. The van der Waals surface area contributed by atoms with Gasteiger partial charge in [-0.3, -0.25) is 0 Å². The maximum absolute atomic E-state index is 2.40. The Kier molecular flexibility index (Phi) is 7.69. The average molecular weight is 660 g/mol. The predicted molar refractivity (Wildman–Crippen MR) is 213 cm³/mol. The Morgan fingerprint density at radius 2 is 0.840 bits per heavy atom. The zero-order valence-corrected chi connectivity index (χ0v) is 28.1. The van der Waals surface area contributed by atoms with Crippen molar-refractivity contribution in [2.24, 2.45) is 0 Å². The van der Waals surface area contributed by atoms with Crippen molar-refractivity contribution in [3.8, 4) is 16.8 Å². The lowest BCUT2D eigenvalue weighted by atomic mass is 10.0. The molecule has 4 heteroatoms. The van der Waals surface area contributed by atoms with Gasteiger partial charge in [-0.15, -0.1) is 0 Å². The average Bonchev–Trinajstić information content (AvgIpc) is 3.76. The summed E-state index contributed by atoms with van der Waals surface area (Å²) in [5.41, 5.74) is 10.4. The van der Waals surface area contributed by atoms with Gasteiger partial charge < -0.3 is 14.4 Å². The van der Waals surface area contributed by atoms with Crippen molar-refractivity contribution in [3.63, 3.8) is 0 Å². The summed E-state index contributed by atoms with van der Waals surface area (Å²) in [4.78, 5) is 4.76. The Labute approximate surface area is 296 Å². The lowest BCUT2D eigenvalue weighted by Gasteiger charge is -2.26. The molecule has 7 aromatic carbocycles. The summed E-state index contributed by atoms with van der Waals surface area (Å²) >= 11 is 1.81. The number of hydrogen-bond acceptors (Lipinski definition) is 3.